The van der Waals surface area contributed by atoms with Crippen LogP contribution < -0.4 is 5.32 Å². The van der Waals surface area contributed by atoms with Crippen molar-refractivity contribution in [2.45, 2.75) is 25.3 Å². The van der Waals surface area contributed by atoms with Gasteiger partial charge in [-0.25, -0.2) is 8.42 Å². The van der Waals surface area contributed by atoms with Crippen LogP contribution in [0.3, 0.4) is 0 Å². The summed E-state index contributed by atoms with van der Waals surface area (Å²) in [5.74, 6) is -0.449. The van der Waals surface area contributed by atoms with Crippen LogP contribution in [0.1, 0.15) is 16.7 Å². The first-order valence-electron chi connectivity index (χ1n) is 9.52. The third-order valence-corrected chi connectivity index (χ3v) is 6.96. The molecule has 0 heterocycles. The van der Waals surface area contributed by atoms with Crippen molar-refractivity contribution in [1.29, 1.82) is 0 Å². The van der Waals surface area contributed by atoms with Crippen LogP contribution in [0.15, 0.2) is 71.6 Å². The van der Waals surface area contributed by atoms with Crippen LogP contribution in [0.5, 0.6) is 0 Å². The maximum atomic E-state index is 13.3. The van der Waals surface area contributed by atoms with Gasteiger partial charge in [-0.1, -0.05) is 53.5 Å². The molecule has 0 saturated carbocycles. The van der Waals surface area contributed by atoms with Gasteiger partial charge in [0.25, 0.3) is 0 Å². The van der Waals surface area contributed by atoms with Gasteiger partial charge in [0.2, 0.25) is 15.9 Å². The van der Waals surface area contributed by atoms with Crippen LogP contribution in [0, 0.1) is 13.8 Å². The summed E-state index contributed by atoms with van der Waals surface area (Å²) >= 11 is 12.2. The highest BCUT2D eigenvalue weighted by molar-refractivity contribution is 7.89. The smallest absolute Gasteiger partial charge is 0.243 e. The summed E-state index contributed by atoms with van der Waals surface area (Å²) < 4.78 is 27.7. The second-order valence-corrected chi connectivity index (χ2v) is 10.0. The number of nitrogens with zero attached hydrogens (tertiary/aromatic N) is 1. The number of rotatable bonds is 7. The van der Waals surface area contributed by atoms with Gasteiger partial charge in [0.1, 0.15) is 0 Å². The molecule has 0 unspecified atom stereocenters. The Labute approximate surface area is 192 Å². The van der Waals surface area contributed by atoms with Gasteiger partial charge in [0.05, 0.1) is 11.4 Å². The summed E-state index contributed by atoms with van der Waals surface area (Å²) in [6.07, 6.45) is 0. The number of carbonyl (C=O) groups is 1. The Balaban J connectivity index is 1.90. The third-order valence-electron chi connectivity index (χ3n) is 4.57. The standard InChI is InChI=1S/C23H22Cl2N2O3S/c1-16-10-17(2)12-20(11-16)26-23(28)15-27(14-18-8-9-19(24)13-22(18)25)31(29,30)21-6-4-3-5-7-21/h3-13H,14-15H2,1-2H3,(H,26,28). The van der Waals surface area contributed by atoms with Gasteiger partial charge in [0, 0.05) is 22.3 Å². The van der Waals surface area contributed by atoms with Crippen molar-refractivity contribution in [3.63, 3.8) is 0 Å². The topological polar surface area (TPSA) is 66.5 Å². The molecule has 0 aliphatic heterocycles. The minimum atomic E-state index is -3.95. The lowest BCUT2D eigenvalue weighted by molar-refractivity contribution is -0.116. The summed E-state index contributed by atoms with van der Waals surface area (Å²) in [5, 5.41) is 3.56. The number of hydrogen-bond donors (Lipinski definition) is 1. The van der Waals surface area contributed by atoms with E-state index in [1.54, 1.807) is 36.4 Å². The molecule has 1 N–H and O–H groups in total. The van der Waals surface area contributed by atoms with E-state index in [4.69, 9.17) is 23.2 Å². The fourth-order valence-corrected chi connectivity index (χ4v) is 5.08. The molecule has 0 radical (unpaired) electrons. The summed E-state index contributed by atoms with van der Waals surface area (Å²) in [7, 11) is -3.95. The SMILES string of the molecule is Cc1cc(C)cc(NC(=O)CN(Cc2ccc(Cl)cc2Cl)S(=O)(=O)c2ccccc2)c1. The van der Waals surface area contributed by atoms with E-state index in [2.05, 4.69) is 5.32 Å². The molecule has 0 fully saturated rings. The van der Waals surface area contributed by atoms with Gasteiger partial charge in [-0.05, 0) is 66.9 Å². The zero-order chi connectivity index (χ0) is 22.6. The van der Waals surface area contributed by atoms with E-state index in [0.717, 1.165) is 15.4 Å². The molecule has 5 nitrogen and oxygen atoms in total. The van der Waals surface area contributed by atoms with Gasteiger partial charge in [-0.15, -0.1) is 0 Å². The van der Waals surface area contributed by atoms with Crippen LogP contribution in [0.25, 0.3) is 0 Å². The number of halogens is 2. The lowest BCUT2D eigenvalue weighted by Crippen LogP contribution is -2.37. The number of amides is 1. The number of aryl methyl sites for hydroxylation is 2. The van der Waals surface area contributed by atoms with E-state index < -0.39 is 15.9 Å². The predicted octanol–water partition coefficient (Wildman–Crippen LogP) is 5.44. The van der Waals surface area contributed by atoms with Crippen LogP contribution in [0.2, 0.25) is 10.0 Å². The number of carbonyl (C=O) groups excluding carboxylic acids is 1. The van der Waals surface area contributed by atoms with Crippen molar-refractivity contribution >= 4 is 44.8 Å². The third kappa shape index (κ3) is 6.08. The normalized spacial score (nSPS) is 11.5. The fourth-order valence-electron chi connectivity index (χ4n) is 3.21. The Hall–Kier alpha value is -2.38. The summed E-state index contributed by atoms with van der Waals surface area (Å²) in [5.41, 5.74) is 3.16. The quantitative estimate of drug-likeness (QED) is 0.493. The molecule has 1 amide bonds. The van der Waals surface area contributed by atoms with Crippen molar-refractivity contribution in [1.82, 2.24) is 4.31 Å². The molecule has 3 aromatic carbocycles. The first-order valence-corrected chi connectivity index (χ1v) is 11.7. The van der Waals surface area contributed by atoms with E-state index in [0.29, 0.717) is 21.3 Å². The molecule has 0 bridgehead atoms. The van der Waals surface area contributed by atoms with Gasteiger partial charge in [-0.3, -0.25) is 4.79 Å². The van der Waals surface area contributed by atoms with Gasteiger partial charge >= 0.3 is 0 Å². The fraction of sp³-hybridized carbons (Fsp3) is 0.174. The molecule has 31 heavy (non-hydrogen) atoms. The molecule has 3 aromatic rings. The van der Waals surface area contributed by atoms with Crippen molar-refractivity contribution < 1.29 is 13.2 Å². The van der Waals surface area contributed by atoms with Gasteiger partial charge in [0.15, 0.2) is 0 Å². The maximum Gasteiger partial charge on any atom is 0.243 e. The number of benzene rings is 3. The Bertz CT molecular complexity index is 1180. The number of hydrogen-bond acceptors (Lipinski definition) is 3. The number of nitrogens with one attached hydrogen (secondary N) is 1. The molecule has 0 saturated heterocycles. The van der Waals surface area contributed by atoms with Crippen LogP contribution in [-0.4, -0.2) is 25.2 Å². The second kappa shape index (κ2) is 9.83. The largest absolute Gasteiger partial charge is 0.325 e. The first-order chi connectivity index (χ1) is 14.6. The van der Waals surface area contributed by atoms with E-state index in [-0.39, 0.29) is 18.0 Å². The van der Waals surface area contributed by atoms with Crippen molar-refractivity contribution in [3.8, 4) is 0 Å². The molecular formula is C23H22Cl2N2O3S. The zero-order valence-electron chi connectivity index (χ0n) is 17.1. The molecule has 0 aliphatic rings. The maximum absolute atomic E-state index is 13.3. The molecule has 0 aliphatic carbocycles. The Morgan fingerprint density at radius 3 is 2.19 bits per heavy atom. The highest BCUT2D eigenvalue weighted by atomic mass is 35.5. The molecule has 0 spiro atoms. The minimum absolute atomic E-state index is 0.0759. The summed E-state index contributed by atoms with van der Waals surface area (Å²) in [4.78, 5) is 12.9. The van der Waals surface area contributed by atoms with Crippen LogP contribution >= 0.6 is 23.2 Å². The lowest BCUT2D eigenvalue weighted by Gasteiger charge is -2.22. The highest BCUT2D eigenvalue weighted by Gasteiger charge is 2.27. The zero-order valence-corrected chi connectivity index (χ0v) is 19.4. The van der Waals surface area contributed by atoms with Crippen molar-refractivity contribution in [2.75, 3.05) is 11.9 Å². The lowest BCUT2D eigenvalue weighted by atomic mass is 10.1. The molecule has 8 heteroatoms. The summed E-state index contributed by atoms with van der Waals surface area (Å²) in [6.45, 7) is 3.41. The van der Waals surface area contributed by atoms with E-state index in [1.165, 1.54) is 12.1 Å². The molecule has 3 rings (SSSR count). The number of sulfonamides is 1. The van der Waals surface area contributed by atoms with E-state index in [9.17, 15) is 13.2 Å². The van der Waals surface area contributed by atoms with Gasteiger partial charge < -0.3 is 5.32 Å². The first kappa shape index (κ1) is 23.3. The molecular weight excluding hydrogens is 455 g/mol. The predicted molar refractivity (Wildman–Crippen MR) is 125 cm³/mol. The van der Waals surface area contributed by atoms with Gasteiger partial charge in [-0.2, -0.15) is 4.31 Å². The Kier molecular flexibility index (Phi) is 7.38. The monoisotopic (exact) mass is 476 g/mol. The highest BCUT2D eigenvalue weighted by Crippen LogP contribution is 2.25. The van der Waals surface area contributed by atoms with Crippen LogP contribution in [0.4, 0.5) is 5.69 Å². The Morgan fingerprint density at radius 1 is 0.935 bits per heavy atom. The summed E-state index contributed by atoms with van der Waals surface area (Å²) in [6, 6.07) is 18.5. The molecule has 0 atom stereocenters. The molecule has 162 valence electrons. The minimum Gasteiger partial charge on any atom is -0.325 e. The van der Waals surface area contributed by atoms with Crippen LogP contribution in [-0.2, 0) is 21.4 Å². The van der Waals surface area contributed by atoms with Crippen molar-refractivity contribution in [2.24, 2.45) is 0 Å². The second-order valence-electron chi connectivity index (χ2n) is 7.25. The van der Waals surface area contributed by atoms with E-state index in [1.807, 2.05) is 32.0 Å². The Morgan fingerprint density at radius 2 is 1.58 bits per heavy atom. The average molecular weight is 477 g/mol. The van der Waals surface area contributed by atoms with Crippen molar-refractivity contribution in [3.05, 3.63) is 93.5 Å². The molecule has 0 aromatic heterocycles. The average Bonchev–Trinajstić information content (AvgIpc) is 2.69. The number of anilines is 1. The van der Waals surface area contributed by atoms with E-state index >= 15 is 0 Å².